The Kier molecular flexibility index (Phi) is 72.3. The van der Waals surface area contributed by atoms with E-state index < -0.39 is 106 Å². The summed E-state index contributed by atoms with van der Waals surface area (Å²) >= 11 is 26.4. The second-order valence-corrected chi connectivity index (χ2v) is 44.3. The van der Waals surface area contributed by atoms with Crippen molar-refractivity contribution in [1.82, 2.24) is 15.5 Å². The first-order chi connectivity index (χ1) is 65.6. The molecule has 6 aliphatic carbocycles. The third-order valence-corrected chi connectivity index (χ3v) is 25.3. The molecule has 2 amide bonds. The molecule has 44 heteroatoms. The smallest absolute Gasteiger partial charge is 1.00 e. The van der Waals surface area contributed by atoms with Crippen LogP contribution in [-0.4, -0.2) is 238 Å². The van der Waals surface area contributed by atoms with E-state index in [4.69, 9.17) is 71.1 Å². The summed E-state index contributed by atoms with van der Waals surface area (Å²) in [6, 6.07) is 54.0. The minimum atomic E-state index is -2.76. The van der Waals surface area contributed by atoms with Gasteiger partial charge in [0.15, 0.2) is 0 Å². The molecule has 0 aromatic heterocycles. The zero-order valence-corrected chi connectivity index (χ0v) is 103. The van der Waals surface area contributed by atoms with Crippen molar-refractivity contribution in [2.75, 3.05) is 81.3 Å². The molecule has 7 fully saturated rings. The molecule has 6 saturated carbocycles. The van der Waals surface area contributed by atoms with Gasteiger partial charge in [-0.3, -0.25) is 14.4 Å². The molecule has 1 heterocycles. The fourth-order valence-electron chi connectivity index (χ4n) is 13.5. The van der Waals surface area contributed by atoms with Gasteiger partial charge in [-0.15, -0.1) is 11.6 Å². The van der Waals surface area contributed by atoms with Crippen LogP contribution in [0.25, 0.3) is 0 Å². The molecule has 145 heavy (non-hydrogen) atoms. The number of aliphatic carboxylic acids is 2. The number of epoxide rings is 1. The quantitative estimate of drug-likeness (QED) is 0.00557. The number of carbonyl (C=O) groups excluding carboxylic acids is 5. The van der Waals surface area contributed by atoms with Crippen LogP contribution in [0.1, 0.15) is 204 Å². The maximum Gasteiger partial charge on any atom is 2.00 e. The minimum absolute atomic E-state index is 0. The van der Waals surface area contributed by atoms with Crippen molar-refractivity contribution in [3.8, 4) is 0 Å². The number of likely N-dealkylation sites (N-methyl/N-ethyl adjacent to an activating group) is 1. The molecule has 0 bridgehead atoms. The SMILES string of the molecule is Brc1ccc(C2CCC2)cc1.CC(C)(C)OC(=O)NC1(c2ccc(Br)cc2)CC(F)(F)C1.CC(C)(C)OC(=O)OC(=O)OC(C)(C)C.CNC(=O)OC.COCCN(C)CCOC.COS(=O)[O-].C[CH-]C.ClCC1CO1.NC1(c2ccc(Br)cc2)CC(=O)C1.NC1(c2ccc(Br)cc2)CC(O)C1.NC1(c2ccc(Br)cc2)CC(O)C1.O=C(O)C1(c2ccc(Br)cc2)CC(O)C1.O=C(O)Cc1ccc(Br)cc1.[Cl-].[K+].[Mg+2].[OH-]. The second-order valence-electron chi connectivity index (χ2n) is 36.9. The molecule has 1 saturated heterocycles. The number of rotatable bonds is 18. The number of ether oxygens (including phenoxy) is 8. The van der Waals surface area contributed by atoms with Crippen molar-refractivity contribution >= 4 is 200 Å². The van der Waals surface area contributed by atoms with E-state index in [1.165, 1.54) is 43.5 Å². The van der Waals surface area contributed by atoms with Gasteiger partial charge in [-0.2, -0.15) is 13.8 Å². The predicted octanol–water partition coefficient (Wildman–Crippen LogP) is 15.6. The second kappa shape index (κ2) is 72.1. The standard InChI is InChI=1S/C15H18BrF2NO2.C11H11BrO3.2C10H12BrNO.C10H10BrNO.C10H11Br.C10H18O5.C8H7BrO2.C7H17NO2.C3H5ClO.C3H7NO2.C3H7.CH4O3S.ClH.K.Mg.H2O/c1-13(2,3)21-12(20)19-14(8-15(17,18)9-14)10-4-6-11(16)7-5-10;12-8-3-1-7(2-4-8)11(10(14)15)5-9(13)6-11;3*11-8-3-1-7(2-4-8)10(12)5-9(13)6-10;11-10-6-4-9(5-7-10)8-2-1-3-8;1-9(2,3)14-7(11)13-8(12)15-10(4,5)6;9-7-3-1-6(2-4-7)5-8(10)11;1-8(4-6-9-2)5-7-10-3;4-1-3-2-5-3;1-4-3(5)6-2;1-3-2;1-4-5(2)3;;;;/h4-7H,8-9H2,1-3H3,(H,19,20);1-4,9,13H,5-6H2,(H,14,15);2*1-4,9,13H,5-6,12H2;1-4H,5-6,12H2;4-8H,1-3H2;1-6H3;1-4H,5H2,(H,10,11);4-7H2,1-3H3;3H,1-2H2;1-2H3,(H,4,5);3H,1-2H3;1H3,(H,2,3);1H;;;1H2/q;;;;;;;;;;;-1;;;+1;+2;/p-3. The van der Waals surface area contributed by atoms with Crippen molar-refractivity contribution in [2.45, 2.75) is 247 Å². The van der Waals surface area contributed by atoms with Gasteiger partial charge in [0, 0.05) is 102 Å². The van der Waals surface area contributed by atoms with Crippen LogP contribution in [0.5, 0.6) is 0 Å². The van der Waals surface area contributed by atoms with E-state index in [-0.39, 0.29) is 128 Å². The molecule has 7 aromatic rings. The largest absolute Gasteiger partial charge is 2.00 e. The molecule has 30 nitrogen and oxygen atoms in total. The number of carboxylic acid groups (broad SMARTS) is 2. The van der Waals surface area contributed by atoms with Gasteiger partial charge in [-0.25, -0.2) is 32.2 Å². The Hall–Kier alpha value is -3.74. The van der Waals surface area contributed by atoms with E-state index >= 15 is 0 Å². The van der Waals surface area contributed by atoms with Gasteiger partial charge in [0.2, 0.25) is 0 Å². The molecule has 2 atom stereocenters. The number of aliphatic hydroxyl groups excluding tert-OH is 3. The van der Waals surface area contributed by atoms with Crippen molar-refractivity contribution in [1.29, 1.82) is 0 Å². The van der Waals surface area contributed by atoms with Crippen LogP contribution in [0.4, 0.5) is 28.0 Å². The van der Waals surface area contributed by atoms with E-state index in [0.717, 1.165) is 101 Å². The number of nitrogens with zero attached hydrogens (tertiary/aromatic N) is 1. The summed E-state index contributed by atoms with van der Waals surface area (Å²) in [5, 5.41) is 50.2. The number of amides is 2. The van der Waals surface area contributed by atoms with Crippen LogP contribution in [0.2, 0.25) is 0 Å². The summed E-state index contributed by atoms with van der Waals surface area (Å²) in [6.45, 7) is 23.6. The van der Waals surface area contributed by atoms with Crippen LogP contribution < -0.4 is 91.6 Å². The third kappa shape index (κ3) is 60.1. The number of Topliss-reactive ketones (excluding diaryl/α,β-unsaturated/α-hetero) is 1. The average molecular weight is 2580 g/mol. The van der Waals surface area contributed by atoms with Gasteiger partial charge in [0.1, 0.15) is 22.6 Å². The zero-order chi connectivity index (χ0) is 107. The average Bonchev–Trinajstić information content (AvgIpc) is 1.36. The van der Waals surface area contributed by atoms with Crippen molar-refractivity contribution in [3.05, 3.63) is 247 Å². The molecular weight excluding hydrogens is 2440 g/mol. The Bertz CT molecular complexity index is 4780. The minimum Gasteiger partial charge on any atom is -1.00 e. The predicted molar refractivity (Wildman–Crippen MR) is 575 cm³/mol. The van der Waals surface area contributed by atoms with Crippen molar-refractivity contribution < 1.29 is 188 Å². The van der Waals surface area contributed by atoms with Crippen LogP contribution in [-0.2, 0) is 102 Å². The van der Waals surface area contributed by atoms with E-state index in [2.05, 4.69) is 172 Å². The number of alkyl carbamates (subject to hydrolysis) is 2. The first-order valence-corrected chi connectivity index (χ1v) is 51.9. The number of aliphatic hydroxyl groups is 3. The Morgan fingerprint density at radius 2 is 0.862 bits per heavy atom. The monoisotopic (exact) mass is 2580 g/mol. The van der Waals surface area contributed by atoms with E-state index in [1.807, 2.05) is 117 Å². The molecule has 1 aliphatic heterocycles. The molecule has 0 radical (unpaired) electrons. The fraction of sp³-hybridized carbons (Fsp3) is 0.505. The number of nitrogens with one attached hydrogen (secondary N) is 2. The third-order valence-electron chi connectivity index (χ3n) is 21.0. The van der Waals surface area contributed by atoms with Gasteiger partial charge in [-0.1, -0.05) is 203 Å². The molecule has 804 valence electrons. The number of carboxylic acids is 2. The number of benzene rings is 7. The summed E-state index contributed by atoms with van der Waals surface area (Å²) in [7, 11) is 9.39. The van der Waals surface area contributed by atoms with Crippen LogP contribution in [0.15, 0.2) is 201 Å². The Morgan fingerprint density at radius 3 is 1.10 bits per heavy atom. The molecular formula is C101H139Br7Cl2F2KMgN6O24S-. The summed E-state index contributed by atoms with van der Waals surface area (Å²) in [5.74, 6) is -2.63. The molecule has 0 spiro atoms. The first-order valence-electron chi connectivity index (χ1n) is 44.8. The van der Waals surface area contributed by atoms with Crippen molar-refractivity contribution in [3.63, 3.8) is 0 Å². The summed E-state index contributed by atoms with van der Waals surface area (Å²) in [4.78, 5) is 78.3. The molecule has 14 N–H and O–H groups in total. The summed E-state index contributed by atoms with van der Waals surface area (Å²) in [5.41, 5.74) is 20.3. The molecule has 14 rings (SSSR count). The Labute approximate surface area is 983 Å². The van der Waals surface area contributed by atoms with E-state index in [9.17, 15) is 62.8 Å². The van der Waals surface area contributed by atoms with Gasteiger partial charge < -0.3 is 129 Å². The molecule has 2 unspecified atom stereocenters. The van der Waals surface area contributed by atoms with E-state index in [1.54, 1.807) is 125 Å². The Morgan fingerprint density at radius 1 is 0.552 bits per heavy atom. The maximum atomic E-state index is 13.4. The zero-order valence-electron chi connectivity index (χ0n) is 85.3. The van der Waals surface area contributed by atoms with Gasteiger partial charge in [0.25, 0.3) is 5.92 Å². The number of hydrogen-bond acceptors (Lipinski definition) is 26. The number of hydrogen-bond donors (Lipinski definition) is 10. The van der Waals surface area contributed by atoms with Crippen LogP contribution in [0.3, 0.4) is 0 Å². The van der Waals surface area contributed by atoms with Gasteiger partial charge in [-0.05, 0) is 251 Å². The number of carbonyl (C=O) groups is 7. The number of nitrogens with two attached hydrogens (primary N) is 3. The molecule has 7 aromatic carbocycles. The van der Waals surface area contributed by atoms with Crippen molar-refractivity contribution in [2.24, 2.45) is 17.2 Å². The summed E-state index contributed by atoms with van der Waals surface area (Å²) < 4.78 is 93.5. The summed E-state index contributed by atoms with van der Waals surface area (Å²) in [6.07, 6.45) is 6.02. The number of ketones is 1. The first kappa shape index (κ1) is 145. The number of halogens is 11. The van der Waals surface area contributed by atoms with E-state index in [0.29, 0.717) is 68.9 Å². The molecule has 7 aliphatic rings. The van der Waals surface area contributed by atoms with Gasteiger partial charge in [0.05, 0.1) is 98.6 Å². The normalized spacial score (nSPS) is 19.7. The number of alkyl halides is 3. The topological polar surface area (TPSA) is 483 Å². The van der Waals surface area contributed by atoms with Gasteiger partial charge >= 0.3 is 111 Å². The fourth-order valence-corrected chi connectivity index (χ4v) is 15.5. The maximum absolute atomic E-state index is 13.4. The Balaban J connectivity index is -0.00000153. The number of methoxy groups -OCH3 is 3. The van der Waals surface area contributed by atoms with Crippen LogP contribution in [0, 0.1) is 6.42 Å². The van der Waals surface area contributed by atoms with Crippen LogP contribution >= 0.6 is 123 Å².